The number of ether oxygens (including phenoxy) is 1. The van der Waals surface area contributed by atoms with Crippen molar-refractivity contribution in [3.05, 3.63) is 74.2 Å². The number of carbonyl (C=O) groups excluding carboxylic acids is 1. The number of nitrogens with one attached hydrogen (secondary N) is 1. The monoisotopic (exact) mass is 542 g/mol. The van der Waals surface area contributed by atoms with Crippen LogP contribution in [0.3, 0.4) is 0 Å². The number of nitrogens with two attached hydrogens (primary N) is 2. The number of benzene rings is 1. The van der Waals surface area contributed by atoms with Crippen LogP contribution in [0.4, 0.5) is 13.2 Å². The number of methoxy groups -OCH3 is 1. The molecular formula is C22H22ClF3N6O3S. The van der Waals surface area contributed by atoms with Crippen molar-refractivity contribution < 1.29 is 27.8 Å². The number of amidine groups is 1. The number of rotatable bonds is 9. The van der Waals surface area contributed by atoms with Crippen LogP contribution in [0.5, 0.6) is 0 Å². The SMILES string of the molecule is COC(=O)C(N)(CO)CC1=C(C(N)=CC=NC(F)F)[C@H](c2ccc(F)cc2Cl)N=C(c2nccs2)N1. The molecule has 0 bridgehead atoms. The standard InChI is InChI=1S/C22H22ClF3N6O3S/c1-35-20(34)22(28,10-33)9-15-16(14(27)4-5-30-21(25)26)17(12-3-2-11(24)8-13(12)23)32-18(31-15)19-29-6-7-36-19/h2-8,17,21,33H,9-10,27-28H2,1H3,(H,31,32)/t17-,22?/m0/s1. The maximum Gasteiger partial charge on any atom is 0.331 e. The fourth-order valence-corrected chi connectivity index (χ4v) is 4.32. The van der Waals surface area contributed by atoms with E-state index in [9.17, 15) is 23.1 Å². The van der Waals surface area contributed by atoms with E-state index in [1.807, 2.05) is 0 Å². The highest BCUT2D eigenvalue weighted by Gasteiger charge is 2.39. The maximum absolute atomic E-state index is 13.8. The molecule has 1 aromatic carbocycles. The van der Waals surface area contributed by atoms with Crippen molar-refractivity contribution in [2.24, 2.45) is 21.5 Å². The molecule has 0 saturated carbocycles. The van der Waals surface area contributed by atoms with Crippen LogP contribution in [0, 0.1) is 5.82 Å². The third-order valence-corrected chi connectivity index (χ3v) is 6.26. The van der Waals surface area contributed by atoms with E-state index >= 15 is 0 Å². The first kappa shape index (κ1) is 27.3. The highest BCUT2D eigenvalue weighted by Crippen LogP contribution is 2.39. The van der Waals surface area contributed by atoms with Gasteiger partial charge in [0.2, 0.25) is 0 Å². The van der Waals surface area contributed by atoms with E-state index < -0.39 is 36.5 Å². The summed E-state index contributed by atoms with van der Waals surface area (Å²) < 4.78 is 43.7. The molecule has 0 radical (unpaired) electrons. The lowest BCUT2D eigenvalue weighted by Gasteiger charge is -2.33. The Morgan fingerprint density at radius 3 is 2.81 bits per heavy atom. The van der Waals surface area contributed by atoms with Gasteiger partial charge in [-0.3, -0.25) is 4.99 Å². The van der Waals surface area contributed by atoms with E-state index in [1.165, 1.54) is 23.5 Å². The molecule has 2 aromatic rings. The summed E-state index contributed by atoms with van der Waals surface area (Å²) in [6, 6.07) is 2.66. The number of alkyl halides is 2. The lowest BCUT2D eigenvalue weighted by atomic mass is 9.87. The first-order valence-corrected chi connectivity index (χ1v) is 11.5. The molecule has 1 aromatic heterocycles. The zero-order valence-electron chi connectivity index (χ0n) is 18.8. The maximum atomic E-state index is 13.8. The Balaban J connectivity index is 2.26. The summed E-state index contributed by atoms with van der Waals surface area (Å²) in [7, 11) is 1.11. The Hall–Kier alpha value is -3.26. The minimum Gasteiger partial charge on any atom is -0.468 e. The molecule has 192 valence electrons. The second-order valence-electron chi connectivity index (χ2n) is 7.58. The van der Waals surface area contributed by atoms with Crippen LogP contribution in [0.25, 0.3) is 0 Å². The van der Waals surface area contributed by atoms with Crippen molar-refractivity contribution in [2.75, 3.05) is 13.7 Å². The minimum absolute atomic E-state index is 0.0178. The average molecular weight is 543 g/mol. The molecule has 6 N–H and O–H groups in total. The number of hydrogen-bond donors (Lipinski definition) is 4. The molecule has 36 heavy (non-hydrogen) atoms. The van der Waals surface area contributed by atoms with Crippen molar-refractivity contribution in [3.8, 4) is 0 Å². The molecule has 2 heterocycles. The number of hydrogen-bond acceptors (Lipinski definition) is 10. The fraction of sp³-hybridized carbons (Fsp3) is 0.273. The van der Waals surface area contributed by atoms with Crippen LogP contribution in [0.1, 0.15) is 23.0 Å². The molecule has 0 spiro atoms. The highest BCUT2D eigenvalue weighted by atomic mass is 35.5. The van der Waals surface area contributed by atoms with E-state index in [2.05, 4.69) is 20.3 Å². The zero-order chi connectivity index (χ0) is 26.5. The number of esters is 1. The first-order chi connectivity index (χ1) is 17.1. The van der Waals surface area contributed by atoms with Gasteiger partial charge in [-0.15, -0.1) is 11.3 Å². The van der Waals surface area contributed by atoms with Gasteiger partial charge in [0.25, 0.3) is 0 Å². The van der Waals surface area contributed by atoms with Crippen LogP contribution >= 0.6 is 22.9 Å². The number of allylic oxidation sites excluding steroid dienone is 1. The summed E-state index contributed by atoms with van der Waals surface area (Å²) in [6.07, 6.45) is 3.15. The molecule has 9 nitrogen and oxygen atoms in total. The molecule has 3 rings (SSSR count). The van der Waals surface area contributed by atoms with E-state index in [1.54, 1.807) is 11.6 Å². The smallest absolute Gasteiger partial charge is 0.331 e. The Bertz CT molecular complexity index is 1240. The number of thiazole rings is 1. The van der Waals surface area contributed by atoms with Gasteiger partial charge in [0.1, 0.15) is 17.4 Å². The van der Waals surface area contributed by atoms with Gasteiger partial charge in [-0.05, 0) is 18.2 Å². The second kappa shape index (κ2) is 11.6. The molecule has 1 aliphatic heterocycles. The van der Waals surface area contributed by atoms with Crippen molar-refractivity contribution >= 4 is 41.0 Å². The topological polar surface area (TPSA) is 148 Å². The van der Waals surface area contributed by atoms with Crippen LogP contribution in [0.15, 0.2) is 62.8 Å². The minimum atomic E-state index is -2.96. The van der Waals surface area contributed by atoms with Gasteiger partial charge in [0, 0.05) is 51.8 Å². The van der Waals surface area contributed by atoms with Gasteiger partial charge >= 0.3 is 12.5 Å². The molecule has 0 amide bonds. The highest BCUT2D eigenvalue weighted by molar-refractivity contribution is 7.11. The summed E-state index contributed by atoms with van der Waals surface area (Å²) in [5.41, 5.74) is 11.2. The van der Waals surface area contributed by atoms with E-state index in [-0.39, 0.29) is 34.2 Å². The Kier molecular flexibility index (Phi) is 8.84. The number of aliphatic hydroxyl groups excluding tert-OH is 1. The number of aliphatic hydroxyl groups is 1. The van der Waals surface area contributed by atoms with Gasteiger partial charge in [-0.2, -0.15) is 8.78 Å². The van der Waals surface area contributed by atoms with Crippen LogP contribution in [-0.2, 0) is 9.53 Å². The van der Waals surface area contributed by atoms with Crippen molar-refractivity contribution in [1.82, 2.24) is 10.3 Å². The molecule has 0 fully saturated rings. The van der Waals surface area contributed by atoms with E-state index in [0.29, 0.717) is 10.6 Å². The molecule has 2 atom stereocenters. The van der Waals surface area contributed by atoms with E-state index in [0.717, 1.165) is 25.5 Å². The molecule has 0 aliphatic carbocycles. The number of nitrogens with zero attached hydrogens (tertiary/aromatic N) is 3. The Morgan fingerprint density at radius 2 is 2.22 bits per heavy atom. The fourth-order valence-electron chi connectivity index (χ4n) is 3.46. The van der Waals surface area contributed by atoms with Gasteiger partial charge in [0.05, 0.1) is 13.7 Å². The third kappa shape index (κ3) is 6.10. The van der Waals surface area contributed by atoms with Gasteiger partial charge in [0.15, 0.2) is 10.8 Å². The zero-order valence-corrected chi connectivity index (χ0v) is 20.4. The molecule has 14 heteroatoms. The summed E-state index contributed by atoms with van der Waals surface area (Å²) in [4.78, 5) is 24.3. The lowest BCUT2D eigenvalue weighted by molar-refractivity contribution is -0.148. The number of carbonyl (C=O) groups is 1. The molecular weight excluding hydrogens is 521 g/mol. The second-order valence-corrected chi connectivity index (χ2v) is 8.88. The predicted octanol–water partition coefficient (Wildman–Crippen LogP) is 2.67. The molecule has 1 aliphatic rings. The normalized spacial score (nSPS) is 18.3. The predicted molar refractivity (Wildman–Crippen MR) is 130 cm³/mol. The van der Waals surface area contributed by atoms with Crippen molar-refractivity contribution in [1.29, 1.82) is 0 Å². The van der Waals surface area contributed by atoms with Gasteiger partial charge < -0.3 is 26.6 Å². The van der Waals surface area contributed by atoms with Crippen molar-refractivity contribution in [3.63, 3.8) is 0 Å². The molecule has 0 saturated heterocycles. The van der Waals surface area contributed by atoms with Crippen LogP contribution in [0.2, 0.25) is 5.02 Å². The van der Waals surface area contributed by atoms with Crippen LogP contribution in [-0.4, -0.2) is 53.9 Å². The number of aliphatic imine (C=N–C) groups is 2. The van der Waals surface area contributed by atoms with E-state index in [4.69, 9.17) is 27.8 Å². The first-order valence-electron chi connectivity index (χ1n) is 10.3. The largest absolute Gasteiger partial charge is 0.468 e. The average Bonchev–Trinajstić information content (AvgIpc) is 3.37. The lowest BCUT2D eigenvalue weighted by Crippen LogP contribution is -2.54. The third-order valence-electron chi connectivity index (χ3n) is 5.15. The summed E-state index contributed by atoms with van der Waals surface area (Å²) in [5.74, 6) is -1.24. The van der Waals surface area contributed by atoms with Gasteiger partial charge in [-0.1, -0.05) is 17.7 Å². The summed E-state index contributed by atoms with van der Waals surface area (Å²) >= 11 is 7.60. The quantitative estimate of drug-likeness (QED) is 0.216. The Labute approximate surface area is 213 Å². The van der Waals surface area contributed by atoms with Crippen LogP contribution < -0.4 is 16.8 Å². The van der Waals surface area contributed by atoms with Crippen molar-refractivity contribution in [2.45, 2.75) is 24.6 Å². The number of halogens is 4. The summed E-state index contributed by atoms with van der Waals surface area (Å²) in [5, 5.41) is 15.1. The van der Waals surface area contributed by atoms with Gasteiger partial charge in [-0.25, -0.2) is 19.2 Å². The number of aromatic nitrogens is 1. The Morgan fingerprint density at radius 1 is 1.47 bits per heavy atom. The molecule has 1 unspecified atom stereocenters. The summed E-state index contributed by atoms with van der Waals surface area (Å²) in [6.45, 7) is -3.76.